The molecule has 11 heteroatoms. The van der Waals surface area contributed by atoms with Gasteiger partial charge in [0, 0.05) is 26.9 Å². The molecular weight excluding hydrogens is 541 g/mol. The number of hydrazone groups is 1. The molecule has 184 valence electrons. The summed E-state index contributed by atoms with van der Waals surface area (Å²) in [6.07, 6.45) is 0. The first-order valence-corrected chi connectivity index (χ1v) is 12.7. The van der Waals surface area contributed by atoms with E-state index in [9.17, 15) is 4.79 Å². The molecule has 0 saturated carbocycles. The van der Waals surface area contributed by atoms with Crippen LogP contribution in [0.25, 0.3) is 17.1 Å². The predicted molar refractivity (Wildman–Crippen MR) is 146 cm³/mol. The second-order valence-corrected chi connectivity index (χ2v) is 9.71. The number of benzene rings is 3. The number of amides is 1. The molecule has 0 unspecified atom stereocenters. The molecule has 0 bridgehead atoms. The number of nitrogens with one attached hydrogen (secondary N) is 1. The zero-order chi connectivity index (χ0) is 25.7. The largest absolute Gasteiger partial charge is 0.497 e. The number of ether oxygens (including phenoxy) is 1. The van der Waals surface area contributed by atoms with Crippen LogP contribution in [0.4, 0.5) is 0 Å². The third-order valence-electron chi connectivity index (χ3n) is 5.07. The van der Waals surface area contributed by atoms with Crippen molar-refractivity contribution in [3.63, 3.8) is 0 Å². The minimum Gasteiger partial charge on any atom is -0.497 e. The lowest BCUT2D eigenvalue weighted by molar-refractivity contribution is -0.118. The first-order valence-electron chi connectivity index (χ1n) is 10.6. The van der Waals surface area contributed by atoms with Gasteiger partial charge in [-0.05, 0) is 67.6 Å². The van der Waals surface area contributed by atoms with Gasteiger partial charge in [-0.25, -0.2) is 5.43 Å². The van der Waals surface area contributed by atoms with E-state index >= 15 is 0 Å². The topological polar surface area (TPSA) is 81.4 Å². The Balaban J connectivity index is 1.53. The molecule has 0 saturated heterocycles. The summed E-state index contributed by atoms with van der Waals surface area (Å²) in [4.78, 5) is 12.5. The lowest BCUT2D eigenvalue weighted by atomic mass is 10.1. The molecule has 0 spiro atoms. The van der Waals surface area contributed by atoms with Crippen molar-refractivity contribution in [3.8, 4) is 22.8 Å². The second kappa shape index (κ2) is 11.8. The molecule has 7 nitrogen and oxygen atoms in total. The highest BCUT2D eigenvalue weighted by atomic mass is 35.5. The number of rotatable bonds is 8. The average molecular weight is 561 g/mol. The molecule has 3 aromatic carbocycles. The SMILES string of the molecule is COc1ccc(-c2nnc(SCC(=O)N/N=C(\C)c3ccc(Cl)cc3Cl)n2-c2ccc(Cl)cc2)cc1. The van der Waals surface area contributed by atoms with Gasteiger partial charge in [0.25, 0.3) is 5.91 Å². The molecule has 36 heavy (non-hydrogen) atoms. The Kier molecular flexibility index (Phi) is 8.53. The Morgan fingerprint density at radius 2 is 1.69 bits per heavy atom. The van der Waals surface area contributed by atoms with Gasteiger partial charge in [0.05, 0.1) is 23.6 Å². The van der Waals surface area contributed by atoms with Crippen molar-refractivity contribution in [2.75, 3.05) is 12.9 Å². The fourth-order valence-electron chi connectivity index (χ4n) is 3.27. The molecule has 0 fully saturated rings. The average Bonchev–Trinajstić information content (AvgIpc) is 3.30. The summed E-state index contributed by atoms with van der Waals surface area (Å²) in [5.41, 5.74) is 5.45. The molecular formula is C25H20Cl3N5O2S. The van der Waals surface area contributed by atoms with Gasteiger partial charge < -0.3 is 4.74 Å². The fourth-order valence-corrected chi connectivity index (χ4v) is 4.68. The number of hydrogen-bond donors (Lipinski definition) is 1. The molecule has 0 aliphatic rings. The summed E-state index contributed by atoms with van der Waals surface area (Å²) in [5, 5.41) is 15.0. The van der Waals surface area contributed by atoms with E-state index in [2.05, 4.69) is 20.7 Å². The van der Waals surface area contributed by atoms with Crippen LogP contribution in [-0.2, 0) is 4.79 Å². The molecule has 0 radical (unpaired) electrons. The monoisotopic (exact) mass is 559 g/mol. The highest BCUT2D eigenvalue weighted by Gasteiger charge is 2.18. The summed E-state index contributed by atoms with van der Waals surface area (Å²) >= 11 is 19.5. The molecule has 4 rings (SSSR count). The van der Waals surface area contributed by atoms with Gasteiger partial charge in [-0.2, -0.15) is 5.10 Å². The zero-order valence-corrected chi connectivity index (χ0v) is 22.3. The summed E-state index contributed by atoms with van der Waals surface area (Å²) in [6.45, 7) is 1.75. The van der Waals surface area contributed by atoms with Gasteiger partial charge in [-0.1, -0.05) is 52.6 Å². The van der Waals surface area contributed by atoms with Crippen LogP contribution in [0.2, 0.25) is 15.1 Å². The number of nitrogens with zero attached hydrogens (tertiary/aromatic N) is 4. The maximum Gasteiger partial charge on any atom is 0.250 e. The molecule has 1 heterocycles. The number of aromatic nitrogens is 3. The van der Waals surface area contributed by atoms with Crippen LogP contribution < -0.4 is 10.2 Å². The van der Waals surface area contributed by atoms with Crippen molar-refractivity contribution in [1.82, 2.24) is 20.2 Å². The lowest BCUT2D eigenvalue weighted by Crippen LogP contribution is -2.21. The molecule has 0 atom stereocenters. The van der Waals surface area contributed by atoms with Gasteiger partial charge in [0.2, 0.25) is 0 Å². The highest BCUT2D eigenvalue weighted by molar-refractivity contribution is 7.99. The zero-order valence-electron chi connectivity index (χ0n) is 19.2. The van der Waals surface area contributed by atoms with Crippen molar-refractivity contribution in [1.29, 1.82) is 0 Å². The number of thioether (sulfide) groups is 1. The second-order valence-electron chi connectivity index (χ2n) is 7.49. The maximum absolute atomic E-state index is 12.5. The molecule has 1 amide bonds. The van der Waals surface area contributed by atoms with Crippen LogP contribution in [0.15, 0.2) is 77.0 Å². The fraction of sp³-hybridized carbons (Fsp3) is 0.120. The van der Waals surface area contributed by atoms with E-state index in [1.807, 2.05) is 41.0 Å². The van der Waals surface area contributed by atoms with E-state index in [1.165, 1.54) is 11.8 Å². The first kappa shape index (κ1) is 26.0. The van der Waals surface area contributed by atoms with E-state index < -0.39 is 0 Å². The third-order valence-corrected chi connectivity index (χ3v) is 6.80. The Morgan fingerprint density at radius 3 is 2.36 bits per heavy atom. The quantitative estimate of drug-likeness (QED) is 0.150. The van der Waals surface area contributed by atoms with E-state index in [0.29, 0.717) is 37.3 Å². The minimum atomic E-state index is -0.305. The van der Waals surface area contributed by atoms with Gasteiger partial charge in [0.15, 0.2) is 11.0 Å². The van der Waals surface area contributed by atoms with E-state index in [1.54, 1.807) is 44.4 Å². The summed E-state index contributed by atoms with van der Waals surface area (Å²) < 4.78 is 7.13. The Hall–Kier alpha value is -3.04. The highest BCUT2D eigenvalue weighted by Crippen LogP contribution is 2.29. The standard InChI is InChI=1S/C25H20Cl3N5O2S/c1-15(21-12-7-18(27)13-22(21)28)29-30-23(34)14-36-25-32-31-24(16-3-10-20(35-2)11-4-16)33(25)19-8-5-17(26)6-9-19/h3-13H,14H2,1-2H3,(H,30,34)/b29-15+. The van der Waals surface area contributed by atoms with E-state index in [4.69, 9.17) is 39.5 Å². The molecule has 4 aromatic rings. The number of carbonyl (C=O) groups is 1. The van der Waals surface area contributed by atoms with Crippen molar-refractivity contribution in [3.05, 3.63) is 87.4 Å². The maximum atomic E-state index is 12.5. The van der Waals surface area contributed by atoms with Crippen molar-refractivity contribution < 1.29 is 9.53 Å². The number of halogens is 3. The Bertz CT molecular complexity index is 1410. The third kappa shape index (κ3) is 6.20. The normalized spacial score (nSPS) is 11.4. The lowest BCUT2D eigenvalue weighted by Gasteiger charge is -2.11. The first-order chi connectivity index (χ1) is 17.4. The van der Waals surface area contributed by atoms with Crippen LogP contribution in [0, 0.1) is 0 Å². The Labute approximate surface area is 227 Å². The van der Waals surface area contributed by atoms with Crippen LogP contribution >= 0.6 is 46.6 Å². The summed E-state index contributed by atoms with van der Waals surface area (Å²) in [7, 11) is 1.61. The van der Waals surface area contributed by atoms with Crippen molar-refractivity contribution in [2.45, 2.75) is 12.1 Å². The Morgan fingerprint density at radius 1 is 1.00 bits per heavy atom. The van der Waals surface area contributed by atoms with Crippen LogP contribution in [0.3, 0.4) is 0 Å². The number of methoxy groups -OCH3 is 1. The van der Waals surface area contributed by atoms with Crippen molar-refractivity contribution in [2.24, 2.45) is 5.10 Å². The van der Waals surface area contributed by atoms with E-state index in [0.717, 1.165) is 17.0 Å². The van der Waals surface area contributed by atoms with Crippen LogP contribution in [0.5, 0.6) is 5.75 Å². The number of carbonyl (C=O) groups excluding carboxylic acids is 1. The predicted octanol–water partition coefficient (Wildman–Crippen LogP) is 6.54. The van der Waals surface area contributed by atoms with Gasteiger partial charge in [0.1, 0.15) is 5.75 Å². The summed E-state index contributed by atoms with van der Waals surface area (Å²) in [5.74, 6) is 1.12. The van der Waals surface area contributed by atoms with Crippen molar-refractivity contribution >= 4 is 58.2 Å². The molecule has 0 aliphatic heterocycles. The minimum absolute atomic E-state index is 0.0689. The van der Waals surface area contributed by atoms with Crippen LogP contribution in [0.1, 0.15) is 12.5 Å². The van der Waals surface area contributed by atoms with Gasteiger partial charge >= 0.3 is 0 Å². The van der Waals surface area contributed by atoms with Crippen LogP contribution in [-0.4, -0.2) is 39.2 Å². The smallest absolute Gasteiger partial charge is 0.250 e. The summed E-state index contributed by atoms with van der Waals surface area (Å²) in [6, 6.07) is 19.9. The molecule has 1 N–H and O–H groups in total. The van der Waals surface area contributed by atoms with Gasteiger partial charge in [-0.15, -0.1) is 10.2 Å². The molecule has 1 aromatic heterocycles. The molecule has 0 aliphatic carbocycles. The van der Waals surface area contributed by atoms with E-state index in [-0.39, 0.29) is 11.7 Å². The number of hydrogen-bond acceptors (Lipinski definition) is 6. The van der Waals surface area contributed by atoms with Gasteiger partial charge in [-0.3, -0.25) is 9.36 Å².